The van der Waals surface area contributed by atoms with Crippen molar-refractivity contribution in [3.05, 3.63) is 83.9 Å². The monoisotopic (exact) mass is 592 g/mol. The normalized spacial score (nSPS) is 10.9. The minimum absolute atomic E-state index is 0. The zero-order valence-corrected chi connectivity index (χ0v) is 23.3. The van der Waals surface area contributed by atoms with E-state index in [-0.39, 0.29) is 24.0 Å². The molecular weight excluding hydrogens is 559 g/mol. The van der Waals surface area contributed by atoms with Crippen molar-refractivity contribution in [2.75, 3.05) is 26.6 Å². The summed E-state index contributed by atoms with van der Waals surface area (Å²) < 4.78 is 16.2. The number of benzene rings is 3. The summed E-state index contributed by atoms with van der Waals surface area (Å²) in [5.41, 5.74) is 3.30. The molecule has 7 heteroatoms. The number of nitrogens with zero attached hydrogens (tertiary/aromatic N) is 2. The molecule has 0 spiro atoms. The van der Waals surface area contributed by atoms with Gasteiger partial charge in [-0.2, -0.15) is 0 Å². The second-order valence-electron chi connectivity index (χ2n) is 7.31. The first kappa shape index (κ1) is 27.9. The lowest BCUT2D eigenvalue weighted by atomic mass is 10.1. The van der Waals surface area contributed by atoms with Gasteiger partial charge in [-0.1, -0.05) is 43.0 Å². The molecule has 0 aromatic heterocycles. The van der Waals surface area contributed by atoms with E-state index in [0.29, 0.717) is 6.61 Å². The predicted octanol–water partition coefficient (Wildman–Crippen LogP) is 7.16. The number of halogens is 1. The fourth-order valence-corrected chi connectivity index (χ4v) is 4.05. The van der Waals surface area contributed by atoms with Gasteiger partial charge in [-0.25, -0.2) is 4.99 Å². The van der Waals surface area contributed by atoms with E-state index in [1.54, 1.807) is 26.0 Å². The smallest absolute Gasteiger partial charge is 0.164 e. The maximum atomic E-state index is 5.57. The highest BCUT2D eigenvalue weighted by molar-refractivity contribution is 14.0. The Morgan fingerprint density at radius 3 is 1.62 bits per heavy atom. The number of amidine groups is 1. The molecule has 0 saturated carbocycles. The third-order valence-corrected chi connectivity index (χ3v) is 5.88. The van der Waals surface area contributed by atoms with Gasteiger partial charge < -0.3 is 19.1 Å². The SMILES string of the molecule is CCOc1ccc(N=C(SCC)N(Cc2ccc(OC)cc2)Cc2ccc(OC)cc2)cc1.I. The molecule has 0 aliphatic heterocycles. The number of methoxy groups -OCH3 is 2. The molecule has 0 bridgehead atoms. The van der Waals surface area contributed by atoms with Crippen LogP contribution in [0.5, 0.6) is 17.2 Å². The topological polar surface area (TPSA) is 43.3 Å². The molecule has 0 aliphatic rings. The molecule has 0 unspecified atom stereocenters. The van der Waals surface area contributed by atoms with E-state index in [1.807, 2.05) is 55.5 Å². The second kappa shape index (κ2) is 14.8. The molecule has 5 nitrogen and oxygen atoms in total. The number of hydrogen-bond acceptors (Lipinski definition) is 5. The summed E-state index contributed by atoms with van der Waals surface area (Å²) in [4.78, 5) is 7.32. The van der Waals surface area contributed by atoms with Crippen molar-refractivity contribution in [2.45, 2.75) is 26.9 Å². The van der Waals surface area contributed by atoms with Gasteiger partial charge in [-0.05, 0) is 72.3 Å². The van der Waals surface area contributed by atoms with E-state index in [9.17, 15) is 0 Å². The number of thioether (sulfide) groups is 1. The van der Waals surface area contributed by atoms with Crippen molar-refractivity contribution in [2.24, 2.45) is 4.99 Å². The Morgan fingerprint density at radius 2 is 1.21 bits per heavy atom. The first-order chi connectivity index (χ1) is 16.1. The zero-order valence-electron chi connectivity index (χ0n) is 20.2. The molecule has 3 aromatic rings. The maximum absolute atomic E-state index is 5.57. The summed E-state index contributed by atoms with van der Waals surface area (Å²) in [6, 6.07) is 24.3. The van der Waals surface area contributed by atoms with Gasteiger partial charge in [0.2, 0.25) is 0 Å². The minimum Gasteiger partial charge on any atom is -0.497 e. The molecule has 0 aliphatic carbocycles. The lowest BCUT2D eigenvalue weighted by molar-refractivity contribution is 0.340. The van der Waals surface area contributed by atoms with Crippen molar-refractivity contribution in [1.82, 2.24) is 4.90 Å². The van der Waals surface area contributed by atoms with Crippen molar-refractivity contribution < 1.29 is 14.2 Å². The third kappa shape index (κ3) is 8.43. The summed E-state index contributed by atoms with van der Waals surface area (Å²) in [5.74, 6) is 3.49. The van der Waals surface area contributed by atoms with Gasteiger partial charge in [0.05, 0.1) is 26.5 Å². The van der Waals surface area contributed by atoms with E-state index in [1.165, 1.54) is 11.1 Å². The van der Waals surface area contributed by atoms with Crippen LogP contribution in [0.4, 0.5) is 5.69 Å². The Labute approximate surface area is 224 Å². The van der Waals surface area contributed by atoms with E-state index in [0.717, 1.165) is 46.9 Å². The van der Waals surface area contributed by atoms with Gasteiger partial charge >= 0.3 is 0 Å². The molecule has 0 saturated heterocycles. The maximum Gasteiger partial charge on any atom is 0.164 e. The molecule has 0 N–H and O–H groups in total. The van der Waals surface area contributed by atoms with Crippen LogP contribution in [-0.2, 0) is 13.1 Å². The number of aliphatic imine (C=N–C) groups is 1. The molecule has 3 aromatic carbocycles. The van der Waals surface area contributed by atoms with Crippen molar-refractivity contribution in [1.29, 1.82) is 0 Å². The van der Waals surface area contributed by atoms with Crippen LogP contribution in [0.1, 0.15) is 25.0 Å². The standard InChI is InChI=1S/C27H32N2O3S.HI/c1-5-32-26-17-11-23(12-18-26)28-27(33-6-2)29(19-21-7-13-24(30-3)14-8-21)20-22-9-15-25(31-4)16-10-22;/h7-18H,5-6,19-20H2,1-4H3;1H. The zero-order chi connectivity index (χ0) is 23.5. The van der Waals surface area contributed by atoms with Crippen LogP contribution in [0, 0.1) is 0 Å². The van der Waals surface area contributed by atoms with Crippen LogP contribution in [0.15, 0.2) is 77.8 Å². The first-order valence-electron chi connectivity index (χ1n) is 11.1. The summed E-state index contributed by atoms with van der Waals surface area (Å²) in [6.07, 6.45) is 0. The summed E-state index contributed by atoms with van der Waals surface area (Å²) in [6.45, 7) is 6.25. The number of hydrogen-bond donors (Lipinski definition) is 0. The molecule has 0 fully saturated rings. The van der Waals surface area contributed by atoms with Gasteiger partial charge in [0.15, 0.2) is 5.17 Å². The highest BCUT2D eigenvalue weighted by atomic mass is 127. The predicted molar refractivity (Wildman–Crippen MR) is 153 cm³/mol. The molecule has 3 rings (SSSR count). The van der Waals surface area contributed by atoms with Crippen molar-refractivity contribution in [3.8, 4) is 17.2 Å². The Balaban J connectivity index is 0.00000408. The summed E-state index contributed by atoms with van der Waals surface area (Å²) in [5, 5.41) is 0.980. The molecule has 182 valence electrons. The van der Waals surface area contributed by atoms with E-state index in [4.69, 9.17) is 19.2 Å². The Kier molecular flexibility index (Phi) is 12.1. The van der Waals surface area contributed by atoms with Crippen LogP contribution in [-0.4, -0.2) is 36.6 Å². The Morgan fingerprint density at radius 1 is 0.735 bits per heavy atom. The molecule has 0 amide bonds. The summed E-state index contributed by atoms with van der Waals surface area (Å²) >= 11 is 1.74. The molecular formula is C27H33IN2O3S. The third-order valence-electron chi connectivity index (χ3n) is 4.98. The summed E-state index contributed by atoms with van der Waals surface area (Å²) in [7, 11) is 3.37. The molecule has 0 atom stereocenters. The molecule has 34 heavy (non-hydrogen) atoms. The van der Waals surface area contributed by atoms with Crippen LogP contribution < -0.4 is 14.2 Å². The second-order valence-corrected chi connectivity index (χ2v) is 8.54. The van der Waals surface area contributed by atoms with Crippen molar-refractivity contribution >= 4 is 46.6 Å². The lowest BCUT2D eigenvalue weighted by Crippen LogP contribution is -2.28. The van der Waals surface area contributed by atoms with E-state index >= 15 is 0 Å². The molecule has 0 radical (unpaired) electrons. The van der Waals surface area contributed by atoms with Gasteiger partial charge in [-0.3, -0.25) is 0 Å². The van der Waals surface area contributed by atoms with E-state index < -0.39 is 0 Å². The fraction of sp³-hybridized carbons (Fsp3) is 0.296. The van der Waals surface area contributed by atoms with Gasteiger partial charge in [0.25, 0.3) is 0 Å². The van der Waals surface area contributed by atoms with Crippen LogP contribution in [0.3, 0.4) is 0 Å². The number of ether oxygens (including phenoxy) is 3. The van der Waals surface area contributed by atoms with Crippen LogP contribution in [0.2, 0.25) is 0 Å². The number of rotatable bonds is 10. The first-order valence-corrected chi connectivity index (χ1v) is 12.1. The van der Waals surface area contributed by atoms with Crippen LogP contribution >= 0.6 is 35.7 Å². The highest BCUT2D eigenvalue weighted by Crippen LogP contribution is 2.24. The Bertz CT molecular complexity index is 960. The van der Waals surface area contributed by atoms with Gasteiger partial charge in [-0.15, -0.1) is 24.0 Å². The largest absolute Gasteiger partial charge is 0.497 e. The average Bonchev–Trinajstić information content (AvgIpc) is 2.85. The lowest BCUT2D eigenvalue weighted by Gasteiger charge is -2.26. The van der Waals surface area contributed by atoms with Crippen molar-refractivity contribution in [3.63, 3.8) is 0 Å². The quantitative estimate of drug-likeness (QED) is 0.142. The Hall–Kier alpha value is -2.39. The van der Waals surface area contributed by atoms with E-state index in [2.05, 4.69) is 36.1 Å². The minimum atomic E-state index is 0. The van der Waals surface area contributed by atoms with Gasteiger partial charge in [0, 0.05) is 13.1 Å². The highest BCUT2D eigenvalue weighted by Gasteiger charge is 2.14. The average molecular weight is 593 g/mol. The van der Waals surface area contributed by atoms with Gasteiger partial charge in [0.1, 0.15) is 17.2 Å². The fourth-order valence-electron chi connectivity index (χ4n) is 3.31. The van der Waals surface area contributed by atoms with Crippen LogP contribution in [0.25, 0.3) is 0 Å². The molecule has 0 heterocycles.